The van der Waals surface area contributed by atoms with Crippen molar-refractivity contribution in [2.75, 3.05) is 18.5 Å². The van der Waals surface area contributed by atoms with Crippen molar-refractivity contribution in [3.8, 4) is 0 Å². The van der Waals surface area contributed by atoms with Crippen LogP contribution in [0, 0.1) is 4.91 Å². The predicted molar refractivity (Wildman–Crippen MR) is 119 cm³/mol. The lowest BCUT2D eigenvalue weighted by Crippen LogP contribution is -2.25. The molecule has 0 radical (unpaired) electrons. The number of hydrogen-bond acceptors (Lipinski definition) is 4. The van der Waals surface area contributed by atoms with Crippen molar-refractivity contribution < 1.29 is 9.59 Å². The Kier molecular flexibility index (Phi) is 7.49. The van der Waals surface area contributed by atoms with E-state index in [-0.39, 0.29) is 18.9 Å². The summed E-state index contributed by atoms with van der Waals surface area (Å²) in [5.41, 5.74) is 5.51. The molecule has 0 saturated heterocycles. The lowest BCUT2D eigenvalue weighted by atomic mass is 9.93. The van der Waals surface area contributed by atoms with Gasteiger partial charge in [-0.15, -0.1) is 4.91 Å². The van der Waals surface area contributed by atoms with E-state index >= 15 is 0 Å². The Hall–Kier alpha value is -3.28. The van der Waals surface area contributed by atoms with E-state index < -0.39 is 5.91 Å². The number of nitroso groups, excluding NO2 is 1. The average Bonchev–Trinajstić information content (AvgIpc) is 2.80. The number of hydrogen-bond donors (Lipinski definition) is 1. The molecule has 0 unspecified atom stereocenters. The second-order valence-corrected chi connectivity index (χ2v) is 7.57. The first-order chi connectivity index (χ1) is 14.6. The van der Waals surface area contributed by atoms with E-state index in [4.69, 9.17) is 0 Å². The van der Waals surface area contributed by atoms with Crippen LogP contribution in [0.25, 0.3) is 5.57 Å². The zero-order valence-electron chi connectivity index (χ0n) is 17.3. The van der Waals surface area contributed by atoms with Crippen LogP contribution in [-0.2, 0) is 11.3 Å². The van der Waals surface area contributed by atoms with E-state index in [0.717, 1.165) is 17.8 Å². The monoisotopic (exact) mass is 405 g/mol. The summed E-state index contributed by atoms with van der Waals surface area (Å²) in [6.07, 6.45) is 7.18. The fourth-order valence-corrected chi connectivity index (χ4v) is 3.59. The largest absolute Gasteiger partial charge is 0.370 e. The quantitative estimate of drug-likeness (QED) is 0.646. The maximum absolute atomic E-state index is 12.1. The number of anilines is 1. The second-order valence-electron chi connectivity index (χ2n) is 7.57. The standard InChI is InChI=1S/C24H27N3O3/c1-27(22-13-11-20(12-14-22)19-5-3-2-4-6-19)17-18-7-9-21(10-8-18)24(29)25-16-15-23(28)26-30/h5,7-14H,2-4,6,15-17H2,1H3,(H,25,29). The van der Waals surface area contributed by atoms with Crippen molar-refractivity contribution in [1.82, 2.24) is 5.32 Å². The van der Waals surface area contributed by atoms with E-state index in [2.05, 4.69) is 45.7 Å². The van der Waals surface area contributed by atoms with Crippen molar-refractivity contribution in [2.24, 2.45) is 5.18 Å². The fourth-order valence-electron chi connectivity index (χ4n) is 3.59. The van der Waals surface area contributed by atoms with Gasteiger partial charge in [-0.25, -0.2) is 0 Å². The van der Waals surface area contributed by atoms with Crippen LogP contribution in [0.15, 0.2) is 59.8 Å². The summed E-state index contributed by atoms with van der Waals surface area (Å²) >= 11 is 0. The van der Waals surface area contributed by atoms with Gasteiger partial charge in [-0.3, -0.25) is 9.59 Å². The first-order valence-corrected chi connectivity index (χ1v) is 10.3. The van der Waals surface area contributed by atoms with Crippen LogP contribution in [0.1, 0.15) is 53.6 Å². The van der Waals surface area contributed by atoms with Gasteiger partial charge in [-0.05, 0) is 66.6 Å². The third kappa shape index (κ3) is 5.86. The number of carbonyl (C=O) groups is 2. The summed E-state index contributed by atoms with van der Waals surface area (Å²) in [5, 5.41) is 4.91. The van der Waals surface area contributed by atoms with Gasteiger partial charge in [0.1, 0.15) is 0 Å². The topological polar surface area (TPSA) is 78.8 Å². The Balaban J connectivity index is 1.54. The molecule has 30 heavy (non-hydrogen) atoms. The van der Waals surface area contributed by atoms with E-state index in [1.165, 1.54) is 36.8 Å². The molecule has 0 atom stereocenters. The molecule has 156 valence electrons. The summed E-state index contributed by atoms with van der Waals surface area (Å²) in [7, 11) is 2.05. The first kappa shape index (κ1) is 21.4. The molecule has 2 amide bonds. The summed E-state index contributed by atoms with van der Waals surface area (Å²) in [6.45, 7) is 0.824. The second kappa shape index (κ2) is 10.5. The number of nitrogens with one attached hydrogen (secondary N) is 1. The van der Waals surface area contributed by atoms with Gasteiger partial charge in [-0.1, -0.05) is 30.3 Å². The molecular weight excluding hydrogens is 378 g/mol. The molecule has 0 bridgehead atoms. The highest BCUT2D eigenvalue weighted by atomic mass is 16.3. The van der Waals surface area contributed by atoms with Crippen molar-refractivity contribution in [1.29, 1.82) is 0 Å². The predicted octanol–water partition coefficient (Wildman–Crippen LogP) is 4.69. The van der Waals surface area contributed by atoms with Gasteiger partial charge in [0.15, 0.2) is 0 Å². The minimum atomic E-state index is -0.766. The van der Waals surface area contributed by atoms with Crippen molar-refractivity contribution >= 4 is 23.1 Å². The molecular formula is C24H27N3O3. The zero-order valence-corrected chi connectivity index (χ0v) is 17.3. The van der Waals surface area contributed by atoms with Gasteiger partial charge < -0.3 is 10.2 Å². The highest BCUT2D eigenvalue weighted by Crippen LogP contribution is 2.28. The van der Waals surface area contributed by atoms with Crippen LogP contribution >= 0.6 is 0 Å². The van der Waals surface area contributed by atoms with Crippen molar-refractivity contribution in [2.45, 2.75) is 38.6 Å². The summed E-state index contributed by atoms with van der Waals surface area (Å²) in [5.74, 6) is -1.04. The average molecular weight is 405 g/mol. The smallest absolute Gasteiger partial charge is 0.288 e. The lowest BCUT2D eigenvalue weighted by molar-refractivity contribution is -0.117. The molecule has 0 spiro atoms. The lowest BCUT2D eigenvalue weighted by Gasteiger charge is -2.21. The molecule has 0 aromatic heterocycles. The Labute approximate surface area is 176 Å². The van der Waals surface area contributed by atoms with E-state index in [1.54, 1.807) is 12.1 Å². The van der Waals surface area contributed by atoms with E-state index in [9.17, 15) is 14.5 Å². The third-order valence-corrected chi connectivity index (χ3v) is 5.33. The van der Waals surface area contributed by atoms with Gasteiger partial charge >= 0.3 is 0 Å². The van der Waals surface area contributed by atoms with Crippen LogP contribution in [-0.4, -0.2) is 25.4 Å². The number of carbonyl (C=O) groups excluding carboxylic acids is 2. The summed E-state index contributed by atoms with van der Waals surface area (Å²) in [6, 6.07) is 16.1. The SMILES string of the molecule is CN(Cc1ccc(C(=O)NCCC(=O)N=O)cc1)c1ccc(C2=CCCCC2)cc1. The molecule has 2 aromatic rings. The maximum atomic E-state index is 12.1. The Morgan fingerprint density at radius 1 is 1.03 bits per heavy atom. The molecule has 0 saturated carbocycles. The molecule has 1 N–H and O–H groups in total. The van der Waals surface area contributed by atoms with Gasteiger partial charge in [0.05, 0.1) is 0 Å². The minimum absolute atomic E-state index is 0.0891. The molecule has 6 nitrogen and oxygen atoms in total. The highest BCUT2D eigenvalue weighted by molar-refractivity contribution is 5.94. The van der Waals surface area contributed by atoms with Crippen molar-refractivity contribution in [3.63, 3.8) is 0 Å². The van der Waals surface area contributed by atoms with Crippen LogP contribution in [0.2, 0.25) is 0 Å². The molecule has 0 heterocycles. The molecule has 1 aliphatic rings. The molecule has 0 fully saturated rings. The normalized spacial score (nSPS) is 13.3. The number of allylic oxidation sites excluding steroid dienone is 2. The number of nitrogens with zero attached hydrogens (tertiary/aromatic N) is 2. The highest BCUT2D eigenvalue weighted by Gasteiger charge is 2.09. The van der Waals surface area contributed by atoms with Gasteiger partial charge in [0.25, 0.3) is 11.8 Å². The first-order valence-electron chi connectivity index (χ1n) is 10.3. The minimum Gasteiger partial charge on any atom is -0.370 e. The summed E-state index contributed by atoms with van der Waals surface area (Å²) in [4.78, 5) is 35.2. The Bertz CT molecular complexity index is 918. The van der Waals surface area contributed by atoms with Gasteiger partial charge in [0.2, 0.25) is 0 Å². The van der Waals surface area contributed by atoms with Gasteiger partial charge in [0, 0.05) is 43.0 Å². The number of rotatable bonds is 8. The van der Waals surface area contributed by atoms with Crippen molar-refractivity contribution in [3.05, 3.63) is 76.2 Å². The zero-order chi connectivity index (χ0) is 21.3. The summed E-state index contributed by atoms with van der Waals surface area (Å²) < 4.78 is 0. The molecule has 3 rings (SSSR count). The molecule has 6 heteroatoms. The molecule has 0 aliphatic heterocycles. The fraction of sp³-hybridized carbons (Fsp3) is 0.333. The van der Waals surface area contributed by atoms with Gasteiger partial charge in [-0.2, -0.15) is 0 Å². The number of amides is 2. The third-order valence-electron chi connectivity index (χ3n) is 5.33. The van der Waals surface area contributed by atoms with E-state index in [0.29, 0.717) is 5.56 Å². The van der Waals surface area contributed by atoms with Crippen LogP contribution < -0.4 is 10.2 Å². The molecule has 2 aromatic carbocycles. The number of benzene rings is 2. The van der Waals surface area contributed by atoms with Crippen LogP contribution in [0.3, 0.4) is 0 Å². The Morgan fingerprint density at radius 2 is 1.77 bits per heavy atom. The van der Waals surface area contributed by atoms with Crippen LogP contribution in [0.5, 0.6) is 0 Å². The van der Waals surface area contributed by atoms with Crippen LogP contribution in [0.4, 0.5) is 5.69 Å². The van der Waals surface area contributed by atoms with E-state index in [1.807, 2.05) is 19.2 Å². The Morgan fingerprint density at radius 3 is 2.40 bits per heavy atom. The maximum Gasteiger partial charge on any atom is 0.288 e. The molecule has 1 aliphatic carbocycles.